The highest BCUT2D eigenvalue weighted by Gasteiger charge is 2.42. The van der Waals surface area contributed by atoms with Crippen LogP contribution in [0.1, 0.15) is 54.4 Å². The Morgan fingerprint density at radius 2 is 1.75 bits per heavy atom. The molecule has 0 aromatic carbocycles. The van der Waals surface area contributed by atoms with Gasteiger partial charge in [-0.15, -0.1) is 9.24 Å². The number of hydrogen-bond donors (Lipinski definition) is 2. The fraction of sp³-hybridized carbons (Fsp3) is 0.889. The average molecular weight is 357 g/mol. The van der Waals surface area contributed by atoms with Gasteiger partial charge in [0.1, 0.15) is 0 Å². The molecule has 0 saturated carbocycles. The Kier molecular flexibility index (Phi) is 7.00. The third-order valence-electron chi connectivity index (χ3n) is 4.83. The van der Waals surface area contributed by atoms with E-state index < -0.39 is 0 Å². The molecule has 3 N–H and O–H groups in total. The Balaban J connectivity index is 2.70. The highest BCUT2D eigenvalue weighted by Crippen LogP contribution is 2.34. The number of carbonyl (C=O) groups excluding carboxylic acids is 2. The molecule has 0 aromatic rings. The van der Waals surface area contributed by atoms with Crippen molar-refractivity contribution in [3.8, 4) is 0 Å². The highest BCUT2D eigenvalue weighted by atomic mass is 31.0. The van der Waals surface area contributed by atoms with Crippen molar-refractivity contribution in [3.05, 3.63) is 0 Å². The van der Waals surface area contributed by atoms with Crippen molar-refractivity contribution >= 4 is 21.1 Å². The Morgan fingerprint density at radius 1 is 1.17 bits per heavy atom. The highest BCUT2D eigenvalue weighted by molar-refractivity contribution is 7.16. The summed E-state index contributed by atoms with van der Waals surface area (Å²) in [6.07, 6.45) is 2.04. The van der Waals surface area contributed by atoms with Crippen LogP contribution in [0, 0.1) is 16.7 Å². The van der Waals surface area contributed by atoms with Crippen LogP contribution < -0.4 is 11.1 Å². The van der Waals surface area contributed by atoms with Crippen molar-refractivity contribution in [1.29, 1.82) is 0 Å². The van der Waals surface area contributed by atoms with Gasteiger partial charge in [0, 0.05) is 37.5 Å². The number of nitrogens with zero attached hydrogens (tertiary/aromatic N) is 1. The zero-order valence-electron chi connectivity index (χ0n) is 16.2. The molecule has 2 unspecified atom stereocenters. The molecule has 2 amide bonds. The van der Waals surface area contributed by atoms with E-state index in [2.05, 4.69) is 56.1 Å². The fourth-order valence-corrected chi connectivity index (χ4v) is 3.03. The van der Waals surface area contributed by atoms with E-state index in [4.69, 9.17) is 5.73 Å². The van der Waals surface area contributed by atoms with E-state index in [0.29, 0.717) is 26.1 Å². The number of likely N-dealkylation sites (tertiary alicyclic amines) is 1. The van der Waals surface area contributed by atoms with E-state index in [1.54, 1.807) is 0 Å². The molecule has 1 rings (SSSR count). The molecule has 0 radical (unpaired) electrons. The van der Waals surface area contributed by atoms with Gasteiger partial charge in [0.25, 0.3) is 0 Å². The zero-order valence-corrected chi connectivity index (χ0v) is 17.4. The Hall–Kier alpha value is -0.510. The minimum absolute atomic E-state index is 0.00214. The van der Waals surface area contributed by atoms with Gasteiger partial charge in [-0.25, -0.2) is 0 Å². The van der Waals surface area contributed by atoms with Gasteiger partial charge >= 0.3 is 0 Å². The van der Waals surface area contributed by atoms with Gasteiger partial charge < -0.3 is 11.1 Å². The maximum Gasteiger partial charge on any atom is 0.232 e. The summed E-state index contributed by atoms with van der Waals surface area (Å²) in [6.45, 7) is 14.2. The lowest BCUT2D eigenvalue weighted by Crippen LogP contribution is -2.51. The number of rotatable bonds is 9. The van der Waals surface area contributed by atoms with Gasteiger partial charge in [0.2, 0.25) is 11.8 Å². The standard InChI is InChI=1S/C18H36N3O2P/c1-16(2,12-24)8-13-7-14(22)21(15(13)23)11-17(3,4)10-20-18(5,6)9-19/h13,20H,7-12,19,24H2,1-6H3. The van der Waals surface area contributed by atoms with Crippen LogP contribution in [0.5, 0.6) is 0 Å². The fourth-order valence-electron chi connectivity index (χ4n) is 2.86. The van der Waals surface area contributed by atoms with Crippen LogP contribution in [0.15, 0.2) is 0 Å². The average Bonchev–Trinajstić information content (AvgIpc) is 2.72. The summed E-state index contributed by atoms with van der Waals surface area (Å²) in [7, 11) is 2.74. The van der Waals surface area contributed by atoms with Crippen LogP contribution in [0.2, 0.25) is 0 Å². The minimum atomic E-state index is -0.192. The van der Waals surface area contributed by atoms with E-state index in [0.717, 1.165) is 12.6 Å². The predicted molar refractivity (Wildman–Crippen MR) is 103 cm³/mol. The molecule has 2 atom stereocenters. The summed E-state index contributed by atoms with van der Waals surface area (Å²) in [5.74, 6) is -0.203. The van der Waals surface area contributed by atoms with Crippen LogP contribution in [0.25, 0.3) is 0 Å². The molecule has 5 nitrogen and oxygen atoms in total. The number of amides is 2. The normalized spacial score (nSPS) is 20.2. The van der Waals surface area contributed by atoms with Crippen molar-refractivity contribution < 1.29 is 9.59 Å². The summed E-state index contributed by atoms with van der Waals surface area (Å²) in [4.78, 5) is 26.5. The van der Waals surface area contributed by atoms with Crippen molar-refractivity contribution in [2.24, 2.45) is 22.5 Å². The van der Waals surface area contributed by atoms with Gasteiger partial charge in [-0.3, -0.25) is 14.5 Å². The molecule has 1 fully saturated rings. The van der Waals surface area contributed by atoms with Crippen LogP contribution in [-0.2, 0) is 9.59 Å². The van der Waals surface area contributed by atoms with Gasteiger partial charge in [-0.1, -0.05) is 27.7 Å². The quantitative estimate of drug-likeness (QED) is 0.489. The maximum atomic E-state index is 12.7. The van der Waals surface area contributed by atoms with Gasteiger partial charge in [-0.05, 0) is 37.3 Å². The van der Waals surface area contributed by atoms with Crippen LogP contribution in [0.4, 0.5) is 0 Å². The lowest BCUT2D eigenvalue weighted by atomic mass is 9.83. The summed E-state index contributed by atoms with van der Waals surface area (Å²) in [5.41, 5.74) is 5.47. The van der Waals surface area contributed by atoms with E-state index in [-0.39, 0.29) is 34.1 Å². The summed E-state index contributed by atoms with van der Waals surface area (Å²) in [5, 5.41) is 3.43. The minimum Gasteiger partial charge on any atom is -0.329 e. The van der Waals surface area contributed by atoms with Crippen LogP contribution in [0.3, 0.4) is 0 Å². The molecular formula is C18H36N3O2P. The van der Waals surface area contributed by atoms with Gasteiger partial charge in [0.05, 0.1) is 0 Å². The predicted octanol–water partition coefficient (Wildman–Crippen LogP) is 2.01. The Morgan fingerprint density at radius 3 is 2.25 bits per heavy atom. The number of nitrogens with two attached hydrogens (primary N) is 1. The lowest BCUT2D eigenvalue weighted by Gasteiger charge is -2.34. The van der Waals surface area contributed by atoms with Crippen molar-refractivity contribution in [3.63, 3.8) is 0 Å². The summed E-state index contributed by atoms with van der Waals surface area (Å²) >= 11 is 0. The van der Waals surface area contributed by atoms with Crippen molar-refractivity contribution in [1.82, 2.24) is 10.2 Å². The summed E-state index contributed by atoms with van der Waals surface area (Å²) in [6, 6.07) is 0. The largest absolute Gasteiger partial charge is 0.329 e. The van der Waals surface area contributed by atoms with Crippen LogP contribution in [-0.4, -0.2) is 48.0 Å². The summed E-state index contributed by atoms with van der Waals surface area (Å²) < 4.78 is 0. The van der Waals surface area contributed by atoms with Gasteiger partial charge in [0.15, 0.2) is 0 Å². The number of imide groups is 1. The molecule has 0 aliphatic carbocycles. The molecule has 0 aromatic heterocycles. The van der Waals surface area contributed by atoms with Crippen molar-refractivity contribution in [2.75, 3.05) is 25.8 Å². The first-order valence-electron chi connectivity index (χ1n) is 8.82. The van der Waals surface area contributed by atoms with Crippen LogP contribution >= 0.6 is 9.24 Å². The molecule has 1 saturated heterocycles. The molecule has 1 aliphatic heterocycles. The maximum absolute atomic E-state index is 12.7. The van der Waals surface area contributed by atoms with Gasteiger partial charge in [-0.2, -0.15) is 0 Å². The number of nitrogens with one attached hydrogen (secondary N) is 1. The van der Waals surface area contributed by atoms with E-state index in [1.165, 1.54) is 4.90 Å². The number of carbonyl (C=O) groups is 2. The molecule has 0 bridgehead atoms. The second-order valence-corrected chi connectivity index (χ2v) is 9.81. The molecule has 1 aliphatic rings. The monoisotopic (exact) mass is 357 g/mol. The van der Waals surface area contributed by atoms with Crippen molar-refractivity contribution in [2.45, 2.75) is 59.9 Å². The number of hydrogen-bond acceptors (Lipinski definition) is 4. The lowest BCUT2D eigenvalue weighted by molar-refractivity contribution is -0.141. The Bertz CT molecular complexity index is 475. The second-order valence-electron chi connectivity index (χ2n) is 9.40. The molecule has 140 valence electrons. The van der Waals surface area contributed by atoms with E-state index in [1.807, 2.05) is 0 Å². The first-order chi connectivity index (χ1) is 10.8. The Labute approximate surface area is 149 Å². The molecule has 6 heteroatoms. The van der Waals surface area contributed by atoms with E-state index >= 15 is 0 Å². The SMILES string of the molecule is CC(C)(CP)CC1CC(=O)N(CC(C)(C)CNC(C)(C)CN)C1=O. The first-order valence-corrected chi connectivity index (χ1v) is 9.63. The third-order valence-corrected chi connectivity index (χ3v) is 5.94. The zero-order chi connectivity index (χ0) is 18.8. The molecule has 1 heterocycles. The smallest absolute Gasteiger partial charge is 0.232 e. The molecular weight excluding hydrogens is 321 g/mol. The second kappa shape index (κ2) is 7.80. The topological polar surface area (TPSA) is 75.4 Å². The first kappa shape index (κ1) is 21.5. The molecule has 0 spiro atoms. The third kappa shape index (κ3) is 6.09. The molecule has 24 heavy (non-hydrogen) atoms. The van der Waals surface area contributed by atoms with E-state index in [9.17, 15) is 9.59 Å².